The second-order valence-corrected chi connectivity index (χ2v) is 4.94. The molecule has 0 saturated heterocycles. The van der Waals surface area contributed by atoms with Crippen LogP contribution in [0.4, 0.5) is 0 Å². The molecule has 1 amide bonds. The van der Waals surface area contributed by atoms with Crippen LogP contribution in [0.15, 0.2) is 29.6 Å². The molecule has 0 aliphatic carbocycles. The first kappa shape index (κ1) is 12.1. The molecule has 0 radical (unpaired) electrons. The lowest BCUT2D eigenvalue weighted by Crippen LogP contribution is -2.29. The first-order valence-corrected chi connectivity index (χ1v) is 6.64. The van der Waals surface area contributed by atoms with Crippen LogP contribution in [0.2, 0.25) is 0 Å². The summed E-state index contributed by atoms with van der Waals surface area (Å²) in [5, 5.41) is 3.56. The molecule has 4 heteroatoms. The zero-order valence-electron chi connectivity index (χ0n) is 9.61. The molecule has 2 aromatic rings. The minimum absolute atomic E-state index is 0.0832. The van der Waals surface area contributed by atoms with Gasteiger partial charge >= 0.3 is 0 Å². The fraction of sp³-hybridized carbons (Fsp3) is 0.308. The Morgan fingerprint density at radius 2 is 2.12 bits per heavy atom. The van der Waals surface area contributed by atoms with Crippen molar-refractivity contribution in [2.45, 2.75) is 25.7 Å². The number of fused-ring (bicyclic) bond motifs is 1. The SMILES string of the molecule is NNC(=O)CCCCc1csc2ccccc12. The van der Waals surface area contributed by atoms with Crippen LogP contribution >= 0.6 is 11.3 Å². The number of nitrogens with one attached hydrogen (secondary N) is 1. The summed E-state index contributed by atoms with van der Waals surface area (Å²) in [4.78, 5) is 11.0. The number of nitrogens with two attached hydrogens (primary N) is 1. The second-order valence-electron chi connectivity index (χ2n) is 4.03. The van der Waals surface area contributed by atoms with Gasteiger partial charge in [0.2, 0.25) is 5.91 Å². The molecule has 0 atom stereocenters. The summed E-state index contributed by atoms with van der Waals surface area (Å²) in [7, 11) is 0. The van der Waals surface area contributed by atoms with Crippen molar-refractivity contribution in [2.24, 2.45) is 5.84 Å². The number of carbonyl (C=O) groups excluding carboxylic acids is 1. The highest BCUT2D eigenvalue weighted by molar-refractivity contribution is 7.17. The van der Waals surface area contributed by atoms with Crippen LogP contribution in [-0.2, 0) is 11.2 Å². The summed E-state index contributed by atoms with van der Waals surface area (Å²) >= 11 is 1.78. The number of benzene rings is 1. The van der Waals surface area contributed by atoms with E-state index in [0.717, 1.165) is 19.3 Å². The molecule has 0 bridgehead atoms. The summed E-state index contributed by atoms with van der Waals surface area (Å²) < 4.78 is 1.34. The Balaban J connectivity index is 1.89. The Labute approximate surface area is 105 Å². The van der Waals surface area contributed by atoms with Crippen LogP contribution in [0.25, 0.3) is 10.1 Å². The Hall–Kier alpha value is -1.39. The summed E-state index contributed by atoms with van der Waals surface area (Å²) in [6, 6.07) is 8.44. The molecule has 1 heterocycles. The first-order valence-electron chi connectivity index (χ1n) is 5.76. The molecule has 1 aromatic heterocycles. The number of amides is 1. The number of carbonyl (C=O) groups is 1. The normalized spacial score (nSPS) is 10.6. The average molecular weight is 248 g/mol. The van der Waals surface area contributed by atoms with E-state index in [1.54, 1.807) is 11.3 Å². The van der Waals surface area contributed by atoms with Gasteiger partial charge in [0.05, 0.1) is 0 Å². The Bertz CT molecular complexity index is 507. The standard InChI is InChI=1S/C13H16N2OS/c14-15-13(16)8-4-1-5-10-9-17-12-7-3-2-6-11(10)12/h2-3,6-7,9H,1,4-5,8,14H2,(H,15,16). The number of aryl methyl sites for hydroxylation is 1. The minimum atomic E-state index is -0.0832. The third-order valence-corrected chi connectivity index (χ3v) is 3.83. The van der Waals surface area contributed by atoms with Gasteiger partial charge in [-0.3, -0.25) is 10.2 Å². The maximum Gasteiger partial charge on any atom is 0.233 e. The lowest BCUT2D eigenvalue weighted by molar-refractivity contribution is -0.121. The molecular weight excluding hydrogens is 232 g/mol. The molecule has 0 fully saturated rings. The van der Waals surface area contributed by atoms with Crippen LogP contribution in [-0.4, -0.2) is 5.91 Å². The van der Waals surface area contributed by atoms with Gasteiger partial charge in [-0.2, -0.15) is 0 Å². The quantitative estimate of drug-likeness (QED) is 0.370. The van der Waals surface area contributed by atoms with Gasteiger partial charge in [-0.15, -0.1) is 11.3 Å². The van der Waals surface area contributed by atoms with Crippen molar-refractivity contribution in [3.8, 4) is 0 Å². The van der Waals surface area contributed by atoms with Crippen molar-refractivity contribution in [1.82, 2.24) is 5.43 Å². The van der Waals surface area contributed by atoms with E-state index in [9.17, 15) is 4.79 Å². The van der Waals surface area contributed by atoms with E-state index in [4.69, 9.17) is 5.84 Å². The van der Waals surface area contributed by atoms with E-state index in [1.807, 2.05) is 0 Å². The highest BCUT2D eigenvalue weighted by Crippen LogP contribution is 2.26. The second kappa shape index (κ2) is 5.80. The minimum Gasteiger partial charge on any atom is -0.294 e. The van der Waals surface area contributed by atoms with Gasteiger partial charge in [0.25, 0.3) is 0 Å². The molecule has 0 aliphatic heterocycles. The van der Waals surface area contributed by atoms with Crippen LogP contribution in [0.5, 0.6) is 0 Å². The van der Waals surface area contributed by atoms with Crippen molar-refractivity contribution < 1.29 is 4.79 Å². The average Bonchev–Trinajstić information content (AvgIpc) is 2.78. The highest BCUT2D eigenvalue weighted by Gasteiger charge is 2.03. The smallest absolute Gasteiger partial charge is 0.233 e. The summed E-state index contributed by atoms with van der Waals surface area (Å²) in [5.74, 6) is 4.94. The number of hydrazine groups is 1. The zero-order valence-corrected chi connectivity index (χ0v) is 10.4. The molecular formula is C13H16N2OS. The zero-order chi connectivity index (χ0) is 12.1. The molecule has 2 rings (SSSR count). The molecule has 0 unspecified atom stereocenters. The van der Waals surface area contributed by atoms with E-state index < -0.39 is 0 Å². The third kappa shape index (κ3) is 3.05. The molecule has 3 N–H and O–H groups in total. The van der Waals surface area contributed by atoms with Gasteiger partial charge in [-0.05, 0) is 41.7 Å². The predicted molar refractivity (Wildman–Crippen MR) is 71.7 cm³/mol. The van der Waals surface area contributed by atoms with E-state index in [1.165, 1.54) is 15.6 Å². The van der Waals surface area contributed by atoms with E-state index >= 15 is 0 Å². The molecule has 0 saturated carbocycles. The Morgan fingerprint density at radius 3 is 2.94 bits per heavy atom. The van der Waals surface area contributed by atoms with Crippen molar-refractivity contribution in [3.63, 3.8) is 0 Å². The van der Waals surface area contributed by atoms with Crippen LogP contribution < -0.4 is 11.3 Å². The topological polar surface area (TPSA) is 55.1 Å². The Kier molecular flexibility index (Phi) is 4.12. The van der Waals surface area contributed by atoms with Crippen molar-refractivity contribution in [3.05, 3.63) is 35.2 Å². The predicted octanol–water partition coefficient (Wildman–Crippen LogP) is 2.60. The number of hydrogen-bond acceptors (Lipinski definition) is 3. The van der Waals surface area contributed by atoms with Gasteiger partial charge in [0.15, 0.2) is 0 Å². The fourth-order valence-electron chi connectivity index (χ4n) is 1.90. The number of hydrogen-bond donors (Lipinski definition) is 2. The van der Waals surface area contributed by atoms with E-state index in [2.05, 4.69) is 35.1 Å². The molecule has 17 heavy (non-hydrogen) atoms. The third-order valence-electron chi connectivity index (χ3n) is 2.82. The lowest BCUT2D eigenvalue weighted by atomic mass is 10.1. The fourth-order valence-corrected chi connectivity index (χ4v) is 2.90. The van der Waals surface area contributed by atoms with Crippen LogP contribution in [0.3, 0.4) is 0 Å². The van der Waals surface area contributed by atoms with E-state index in [-0.39, 0.29) is 5.91 Å². The first-order chi connectivity index (χ1) is 8.31. The van der Waals surface area contributed by atoms with Crippen LogP contribution in [0.1, 0.15) is 24.8 Å². The van der Waals surface area contributed by atoms with Gasteiger partial charge in [0, 0.05) is 11.1 Å². The maximum atomic E-state index is 11.0. The number of rotatable bonds is 5. The lowest BCUT2D eigenvalue weighted by Gasteiger charge is -2.00. The van der Waals surface area contributed by atoms with E-state index in [0.29, 0.717) is 6.42 Å². The molecule has 3 nitrogen and oxygen atoms in total. The van der Waals surface area contributed by atoms with Gasteiger partial charge in [0.1, 0.15) is 0 Å². The Morgan fingerprint density at radius 1 is 1.29 bits per heavy atom. The summed E-state index contributed by atoms with van der Waals surface area (Å²) in [6.07, 6.45) is 3.45. The molecule has 0 aliphatic rings. The van der Waals surface area contributed by atoms with Crippen molar-refractivity contribution >= 4 is 27.3 Å². The van der Waals surface area contributed by atoms with Crippen molar-refractivity contribution in [1.29, 1.82) is 0 Å². The number of unbranched alkanes of at least 4 members (excludes halogenated alkanes) is 1. The summed E-state index contributed by atoms with van der Waals surface area (Å²) in [6.45, 7) is 0. The van der Waals surface area contributed by atoms with Gasteiger partial charge in [-0.25, -0.2) is 5.84 Å². The molecule has 0 spiro atoms. The van der Waals surface area contributed by atoms with Crippen molar-refractivity contribution in [2.75, 3.05) is 0 Å². The molecule has 90 valence electrons. The van der Waals surface area contributed by atoms with Gasteiger partial charge in [-0.1, -0.05) is 18.2 Å². The highest BCUT2D eigenvalue weighted by atomic mass is 32.1. The summed E-state index contributed by atoms with van der Waals surface area (Å²) in [5.41, 5.74) is 3.54. The monoisotopic (exact) mass is 248 g/mol. The number of thiophene rings is 1. The largest absolute Gasteiger partial charge is 0.294 e. The van der Waals surface area contributed by atoms with Gasteiger partial charge < -0.3 is 0 Å². The van der Waals surface area contributed by atoms with Crippen LogP contribution in [0, 0.1) is 0 Å². The maximum absolute atomic E-state index is 11.0. The molecule has 1 aromatic carbocycles.